The third-order valence-corrected chi connectivity index (χ3v) is 2.85. The zero-order valence-corrected chi connectivity index (χ0v) is 11.2. The standard InChI is InChI=1S/C14H16N2O3/c1-4-19-14(18)13(17)10-5-6-12-11(7-10)15-8-16(12)9(2)3/h5-9H,4H2,1-3H3. The van der Waals surface area contributed by atoms with E-state index in [1.807, 2.05) is 4.57 Å². The van der Waals surface area contributed by atoms with Crippen molar-refractivity contribution >= 4 is 22.8 Å². The van der Waals surface area contributed by atoms with E-state index in [0.717, 1.165) is 5.52 Å². The number of hydrogen-bond acceptors (Lipinski definition) is 4. The fraction of sp³-hybridized carbons (Fsp3) is 0.357. The molecule has 0 amide bonds. The van der Waals surface area contributed by atoms with Crippen LogP contribution in [0.4, 0.5) is 0 Å². The molecule has 0 aliphatic heterocycles. The fourth-order valence-electron chi connectivity index (χ4n) is 1.90. The maximum atomic E-state index is 11.8. The van der Waals surface area contributed by atoms with Crippen molar-refractivity contribution in [3.63, 3.8) is 0 Å². The summed E-state index contributed by atoms with van der Waals surface area (Å²) in [7, 11) is 0. The van der Waals surface area contributed by atoms with Gasteiger partial charge in [-0.25, -0.2) is 9.78 Å². The average Bonchev–Trinajstić information content (AvgIpc) is 2.80. The molecule has 1 aromatic carbocycles. The van der Waals surface area contributed by atoms with E-state index in [9.17, 15) is 9.59 Å². The first-order valence-corrected chi connectivity index (χ1v) is 6.22. The lowest BCUT2D eigenvalue weighted by Crippen LogP contribution is -2.17. The van der Waals surface area contributed by atoms with Gasteiger partial charge in [-0.1, -0.05) is 0 Å². The third-order valence-electron chi connectivity index (χ3n) is 2.85. The van der Waals surface area contributed by atoms with Crippen molar-refractivity contribution in [2.75, 3.05) is 6.61 Å². The third kappa shape index (κ3) is 2.50. The number of ketones is 1. The molecule has 2 aromatic rings. The minimum atomic E-state index is -0.829. The van der Waals surface area contributed by atoms with E-state index in [0.29, 0.717) is 11.1 Å². The van der Waals surface area contributed by atoms with E-state index in [4.69, 9.17) is 4.74 Å². The molecule has 1 heterocycles. The molecule has 1 aromatic heterocycles. The van der Waals surface area contributed by atoms with E-state index < -0.39 is 11.8 Å². The number of carbonyl (C=O) groups is 2. The van der Waals surface area contributed by atoms with Gasteiger partial charge in [0.15, 0.2) is 0 Å². The van der Waals surface area contributed by atoms with Crippen LogP contribution in [0.2, 0.25) is 0 Å². The molecule has 0 aliphatic rings. The molecule has 5 heteroatoms. The van der Waals surface area contributed by atoms with E-state index in [2.05, 4.69) is 18.8 Å². The number of Topliss-reactive ketones (excluding diaryl/α,β-unsaturated/α-hetero) is 1. The van der Waals surface area contributed by atoms with Gasteiger partial charge in [0.2, 0.25) is 0 Å². The average molecular weight is 260 g/mol. The maximum Gasteiger partial charge on any atom is 0.379 e. The largest absolute Gasteiger partial charge is 0.460 e. The Morgan fingerprint density at radius 3 is 2.74 bits per heavy atom. The molecule has 0 N–H and O–H groups in total. The molecular weight excluding hydrogens is 244 g/mol. The summed E-state index contributed by atoms with van der Waals surface area (Å²) in [5.74, 6) is -1.46. The Hall–Kier alpha value is -2.17. The van der Waals surface area contributed by atoms with Crippen LogP contribution in [0.1, 0.15) is 37.2 Å². The normalized spacial score (nSPS) is 10.9. The topological polar surface area (TPSA) is 61.2 Å². The first kappa shape index (κ1) is 13.3. The summed E-state index contributed by atoms with van der Waals surface area (Å²) in [6.07, 6.45) is 1.73. The van der Waals surface area contributed by atoms with Crippen LogP contribution in [0.15, 0.2) is 24.5 Å². The zero-order chi connectivity index (χ0) is 14.0. The molecular formula is C14H16N2O3. The van der Waals surface area contributed by atoms with Gasteiger partial charge in [-0.15, -0.1) is 0 Å². The number of ether oxygens (including phenoxy) is 1. The van der Waals surface area contributed by atoms with Crippen molar-refractivity contribution in [1.29, 1.82) is 0 Å². The van der Waals surface area contributed by atoms with Crippen molar-refractivity contribution < 1.29 is 14.3 Å². The lowest BCUT2D eigenvalue weighted by molar-refractivity contribution is -0.137. The van der Waals surface area contributed by atoms with E-state index in [-0.39, 0.29) is 12.6 Å². The van der Waals surface area contributed by atoms with Crippen LogP contribution in [-0.2, 0) is 9.53 Å². The predicted octanol–water partition coefficient (Wildman–Crippen LogP) is 2.36. The zero-order valence-electron chi connectivity index (χ0n) is 11.2. The van der Waals surface area contributed by atoms with Crippen LogP contribution in [-0.4, -0.2) is 27.9 Å². The van der Waals surface area contributed by atoms with Crippen molar-refractivity contribution in [2.24, 2.45) is 0 Å². The molecule has 0 saturated carbocycles. The number of imidazole rings is 1. The Morgan fingerprint density at radius 1 is 1.37 bits per heavy atom. The summed E-state index contributed by atoms with van der Waals surface area (Å²) >= 11 is 0. The van der Waals surface area contributed by atoms with Gasteiger partial charge in [0, 0.05) is 11.6 Å². The number of carbonyl (C=O) groups excluding carboxylic acids is 2. The number of fused-ring (bicyclic) bond motifs is 1. The molecule has 0 spiro atoms. The van der Waals surface area contributed by atoms with Crippen LogP contribution >= 0.6 is 0 Å². The van der Waals surface area contributed by atoms with Gasteiger partial charge in [-0.3, -0.25) is 4.79 Å². The molecule has 100 valence electrons. The van der Waals surface area contributed by atoms with Gasteiger partial charge in [0.05, 0.1) is 24.0 Å². The molecule has 0 aliphatic carbocycles. The molecule has 0 unspecified atom stereocenters. The molecule has 0 atom stereocenters. The highest BCUT2D eigenvalue weighted by molar-refractivity contribution is 6.40. The van der Waals surface area contributed by atoms with E-state index in [1.165, 1.54) is 0 Å². The second kappa shape index (κ2) is 5.22. The van der Waals surface area contributed by atoms with Crippen LogP contribution in [0.3, 0.4) is 0 Å². The predicted molar refractivity (Wildman–Crippen MR) is 71.1 cm³/mol. The Balaban J connectivity index is 2.37. The summed E-state index contributed by atoms with van der Waals surface area (Å²) in [6.45, 7) is 5.96. The number of hydrogen-bond donors (Lipinski definition) is 0. The molecule has 19 heavy (non-hydrogen) atoms. The minimum Gasteiger partial charge on any atom is -0.460 e. The van der Waals surface area contributed by atoms with Gasteiger partial charge >= 0.3 is 5.97 Å². The van der Waals surface area contributed by atoms with Crippen molar-refractivity contribution in [2.45, 2.75) is 26.8 Å². The maximum absolute atomic E-state index is 11.8. The van der Waals surface area contributed by atoms with Crippen LogP contribution in [0.25, 0.3) is 11.0 Å². The van der Waals surface area contributed by atoms with Gasteiger partial charge in [-0.05, 0) is 39.0 Å². The molecule has 2 rings (SSSR count). The lowest BCUT2D eigenvalue weighted by Gasteiger charge is -2.07. The summed E-state index contributed by atoms with van der Waals surface area (Å²) in [5.41, 5.74) is 1.94. The Bertz CT molecular complexity index is 629. The highest BCUT2D eigenvalue weighted by Gasteiger charge is 2.18. The SMILES string of the molecule is CCOC(=O)C(=O)c1ccc2c(c1)ncn2C(C)C. The summed E-state index contributed by atoms with van der Waals surface area (Å²) in [5, 5.41) is 0. The van der Waals surface area contributed by atoms with Crippen molar-refractivity contribution in [3.8, 4) is 0 Å². The second-order valence-corrected chi connectivity index (χ2v) is 4.50. The lowest BCUT2D eigenvalue weighted by atomic mass is 10.1. The molecule has 0 saturated heterocycles. The quantitative estimate of drug-likeness (QED) is 0.481. The summed E-state index contributed by atoms with van der Waals surface area (Å²) in [4.78, 5) is 27.5. The van der Waals surface area contributed by atoms with Gasteiger partial charge in [-0.2, -0.15) is 0 Å². The highest BCUT2D eigenvalue weighted by atomic mass is 16.5. The Kier molecular flexibility index (Phi) is 3.64. The Morgan fingerprint density at radius 2 is 2.11 bits per heavy atom. The smallest absolute Gasteiger partial charge is 0.379 e. The van der Waals surface area contributed by atoms with Crippen LogP contribution in [0, 0.1) is 0 Å². The van der Waals surface area contributed by atoms with E-state index in [1.54, 1.807) is 31.5 Å². The number of aromatic nitrogens is 2. The number of benzene rings is 1. The van der Waals surface area contributed by atoms with E-state index >= 15 is 0 Å². The summed E-state index contributed by atoms with van der Waals surface area (Å²) < 4.78 is 6.71. The molecule has 0 bridgehead atoms. The monoisotopic (exact) mass is 260 g/mol. The first-order chi connectivity index (χ1) is 9.04. The first-order valence-electron chi connectivity index (χ1n) is 6.22. The van der Waals surface area contributed by atoms with Crippen LogP contribution in [0.5, 0.6) is 0 Å². The minimum absolute atomic E-state index is 0.189. The second-order valence-electron chi connectivity index (χ2n) is 4.50. The van der Waals surface area contributed by atoms with Gasteiger partial charge in [0.1, 0.15) is 0 Å². The number of rotatable bonds is 4. The van der Waals surface area contributed by atoms with Crippen LogP contribution < -0.4 is 0 Å². The molecule has 0 radical (unpaired) electrons. The number of nitrogens with zero attached hydrogens (tertiary/aromatic N) is 2. The number of esters is 1. The Labute approximate surface area is 111 Å². The fourth-order valence-corrected chi connectivity index (χ4v) is 1.90. The van der Waals surface area contributed by atoms with Crippen molar-refractivity contribution in [3.05, 3.63) is 30.1 Å². The molecule has 5 nitrogen and oxygen atoms in total. The van der Waals surface area contributed by atoms with Gasteiger partial charge < -0.3 is 9.30 Å². The van der Waals surface area contributed by atoms with Crippen molar-refractivity contribution in [1.82, 2.24) is 9.55 Å². The molecule has 0 fully saturated rings. The highest BCUT2D eigenvalue weighted by Crippen LogP contribution is 2.19. The van der Waals surface area contributed by atoms with Gasteiger partial charge in [0.25, 0.3) is 5.78 Å². The summed E-state index contributed by atoms with van der Waals surface area (Å²) in [6, 6.07) is 5.33.